The van der Waals surface area contributed by atoms with E-state index in [4.69, 9.17) is 11.6 Å². The molecule has 4 nitrogen and oxygen atoms in total. The van der Waals surface area contributed by atoms with Gasteiger partial charge in [-0.05, 0) is 38.4 Å². The van der Waals surface area contributed by atoms with Crippen molar-refractivity contribution >= 4 is 28.2 Å². The summed E-state index contributed by atoms with van der Waals surface area (Å²) < 4.78 is 0. The second-order valence-electron chi connectivity index (χ2n) is 4.79. The Labute approximate surface area is 118 Å². The van der Waals surface area contributed by atoms with Crippen molar-refractivity contribution in [2.45, 2.75) is 6.10 Å². The average Bonchev–Trinajstić information content (AvgIpc) is 2.37. The molecule has 0 aliphatic rings. The summed E-state index contributed by atoms with van der Waals surface area (Å²) in [5.74, 6) is 0. The predicted octanol–water partition coefficient (Wildman–Crippen LogP) is 2.22. The van der Waals surface area contributed by atoms with Crippen molar-refractivity contribution in [3.05, 3.63) is 35.5 Å². The number of rotatable bonds is 5. The first-order valence-corrected chi connectivity index (χ1v) is 6.55. The SMILES string of the molecule is CN(C)CC(O)CNc1ccc(Cl)c2cccnc12. The molecule has 5 heteroatoms. The minimum atomic E-state index is -0.426. The quantitative estimate of drug-likeness (QED) is 0.881. The number of nitrogens with zero attached hydrogens (tertiary/aromatic N) is 2. The molecule has 0 saturated carbocycles. The summed E-state index contributed by atoms with van der Waals surface area (Å²) in [4.78, 5) is 6.29. The van der Waals surface area contributed by atoms with Crippen LogP contribution in [0.2, 0.25) is 5.02 Å². The zero-order chi connectivity index (χ0) is 13.8. The van der Waals surface area contributed by atoms with Crippen molar-refractivity contribution in [1.29, 1.82) is 0 Å². The molecule has 0 bridgehead atoms. The largest absolute Gasteiger partial charge is 0.390 e. The summed E-state index contributed by atoms with van der Waals surface area (Å²) in [6.07, 6.45) is 1.31. The number of benzene rings is 1. The normalized spacial score (nSPS) is 12.9. The molecular formula is C14H18ClN3O. The first-order chi connectivity index (χ1) is 9.08. The van der Waals surface area contributed by atoms with Crippen LogP contribution in [0.5, 0.6) is 0 Å². The number of anilines is 1. The first-order valence-electron chi connectivity index (χ1n) is 6.18. The number of halogens is 1. The maximum absolute atomic E-state index is 9.86. The summed E-state index contributed by atoms with van der Waals surface area (Å²) in [5.41, 5.74) is 1.71. The van der Waals surface area contributed by atoms with Gasteiger partial charge in [0.25, 0.3) is 0 Å². The Morgan fingerprint density at radius 1 is 1.37 bits per heavy atom. The van der Waals surface area contributed by atoms with Crippen LogP contribution in [0, 0.1) is 0 Å². The number of nitrogens with one attached hydrogen (secondary N) is 1. The van der Waals surface area contributed by atoms with Crippen LogP contribution in [0.25, 0.3) is 10.9 Å². The van der Waals surface area contributed by atoms with Gasteiger partial charge < -0.3 is 15.3 Å². The van der Waals surface area contributed by atoms with Gasteiger partial charge in [-0.3, -0.25) is 4.98 Å². The van der Waals surface area contributed by atoms with Crippen molar-refractivity contribution in [2.75, 3.05) is 32.5 Å². The molecule has 19 heavy (non-hydrogen) atoms. The zero-order valence-corrected chi connectivity index (χ0v) is 11.9. The summed E-state index contributed by atoms with van der Waals surface area (Å²) in [5, 5.41) is 14.7. The van der Waals surface area contributed by atoms with E-state index in [2.05, 4.69) is 10.3 Å². The van der Waals surface area contributed by atoms with Gasteiger partial charge in [0.1, 0.15) is 0 Å². The van der Waals surface area contributed by atoms with Crippen molar-refractivity contribution < 1.29 is 5.11 Å². The molecule has 0 fully saturated rings. The highest BCUT2D eigenvalue weighted by atomic mass is 35.5. The Morgan fingerprint density at radius 2 is 2.16 bits per heavy atom. The predicted molar refractivity (Wildman–Crippen MR) is 79.8 cm³/mol. The van der Waals surface area contributed by atoms with Gasteiger partial charge in [-0.2, -0.15) is 0 Å². The van der Waals surface area contributed by atoms with Crippen LogP contribution in [-0.2, 0) is 0 Å². The monoisotopic (exact) mass is 279 g/mol. The molecule has 0 saturated heterocycles. The molecule has 1 heterocycles. The highest BCUT2D eigenvalue weighted by Crippen LogP contribution is 2.27. The highest BCUT2D eigenvalue weighted by molar-refractivity contribution is 6.35. The van der Waals surface area contributed by atoms with Crippen molar-refractivity contribution in [3.8, 4) is 0 Å². The van der Waals surface area contributed by atoms with Gasteiger partial charge in [0.05, 0.1) is 22.3 Å². The molecule has 1 aromatic heterocycles. The second-order valence-corrected chi connectivity index (χ2v) is 5.20. The molecule has 1 unspecified atom stereocenters. The van der Waals surface area contributed by atoms with Crippen LogP contribution in [0.4, 0.5) is 5.69 Å². The lowest BCUT2D eigenvalue weighted by atomic mass is 10.2. The maximum atomic E-state index is 9.86. The number of aromatic nitrogens is 1. The third kappa shape index (κ3) is 3.56. The Balaban J connectivity index is 2.15. The van der Waals surface area contributed by atoms with Gasteiger partial charge in [0, 0.05) is 24.7 Å². The van der Waals surface area contributed by atoms with E-state index in [0.29, 0.717) is 18.1 Å². The van der Waals surface area contributed by atoms with Crippen LogP contribution in [0.1, 0.15) is 0 Å². The fourth-order valence-electron chi connectivity index (χ4n) is 1.99. The standard InChI is InChI=1S/C14H18ClN3O/c1-18(2)9-10(19)8-17-13-6-5-12(15)11-4-3-7-16-14(11)13/h3-7,10,17,19H,8-9H2,1-2H3. The van der Waals surface area contributed by atoms with Gasteiger partial charge >= 0.3 is 0 Å². The molecule has 1 aromatic carbocycles. The summed E-state index contributed by atoms with van der Waals surface area (Å²) in [6.45, 7) is 1.09. The molecule has 2 aromatic rings. The lowest BCUT2D eigenvalue weighted by molar-refractivity contribution is 0.148. The van der Waals surface area contributed by atoms with E-state index in [1.54, 1.807) is 6.20 Å². The van der Waals surface area contributed by atoms with Crippen LogP contribution >= 0.6 is 11.6 Å². The number of hydrogen-bond donors (Lipinski definition) is 2. The van der Waals surface area contributed by atoms with E-state index < -0.39 is 6.10 Å². The first kappa shape index (κ1) is 14.1. The van der Waals surface area contributed by atoms with Gasteiger partial charge in [-0.1, -0.05) is 11.6 Å². The van der Waals surface area contributed by atoms with Crippen molar-refractivity contribution in [3.63, 3.8) is 0 Å². The molecule has 0 spiro atoms. The highest BCUT2D eigenvalue weighted by Gasteiger charge is 2.08. The van der Waals surface area contributed by atoms with Crippen molar-refractivity contribution in [2.24, 2.45) is 0 Å². The summed E-state index contributed by atoms with van der Waals surface area (Å²) >= 11 is 6.14. The zero-order valence-electron chi connectivity index (χ0n) is 11.1. The molecule has 0 radical (unpaired) electrons. The van der Waals surface area contributed by atoms with Crippen molar-refractivity contribution in [1.82, 2.24) is 9.88 Å². The fraction of sp³-hybridized carbons (Fsp3) is 0.357. The molecular weight excluding hydrogens is 262 g/mol. The number of likely N-dealkylation sites (N-methyl/N-ethyl adjacent to an activating group) is 1. The number of aliphatic hydroxyl groups is 1. The Morgan fingerprint density at radius 3 is 2.89 bits per heavy atom. The lowest BCUT2D eigenvalue weighted by Crippen LogP contribution is -2.31. The van der Waals surface area contributed by atoms with Crippen LogP contribution in [0.3, 0.4) is 0 Å². The summed E-state index contributed by atoms with van der Waals surface area (Å²) in [7, 11) is 3.87. The Kier molecular flexibility index (Phi) is 4.58. The van der Waals surface area contributed by atoms with E-state index in [1.165, 1.54) is 0 Å². The van der Waals surface area contributed by atoms with E-state index >= 15 is 0 Å². The topological polar surface area (TPSA) is 48.4 Å². The van der Waals surface area contributed by atoms with E-state index in [1.807, 2.05) is 43.3 Å². The van der Waals surface area contributed by atoms with Gasteiger partial charge in [-0.15, -0.1) is 0 Å². The fourth-order valence-corrected chi connectivity index (χ4v) is 2.21. The molecule has 0 aliphatic heterocycles. The molecule has 2 rings (SSSR count). The number of fused-ring (bicyclic) bond motifs is 1. The number of aliphatic hydroxyl groups excluding tert-OH is 1. The molecule has 102 valence electrons. The molecule has 0 aliphatic carbocycles. The smallest absolute Gasteiger partial charge is 0.0948 e. The van der Waals surface area contributed by atoms with E-state index in [-0.39, 0.29) is 0 Å². The summed E-state index contributed by atoms with van der Waals surface area (Å²) in [6, 6.07) is 7.53. The Bertz CT molecular complexity index is 559. The number of hydrogen-bond acceptors (Lipinski definition) is 4. The minimum absolute atomic E-state index is 0.426. The maximum Gasteiger partial charge on any atom is 0.0948 e. The number of pyridine rings is 1. The van der Waals surface area contributed by atoms with Crippen LogP contribution in [-0.4, -0.2) is 48.3 Å². The average molecular weight is 280 g/mol. The lowest BCUT2D eigenvalue weighted by Gasteiger charge is -2.17. The van der Waals surface area contributed by atoms with E-state index in [9.17, 15) is 5.11 Å². The van der Waals surface area contributed by atoms with E-state index in [0.717, 1.165) is 16.6 Å². The molecule has 1 atom stereocenters. The van der Waals surface area contributed by atoms with Crippen LogP contribution in [0.15, 0.2) is 30.5 Å². The van der Waals surface area contributed by atoms with Gasteiger partial charge in [-0.25, -0.2) is 0 Å². The third-order valence-electron chi connectivity index (χ3n) is 2.82. The molecule has 0 amide bonds. The third-order valence-corrected chi connectivity index (χ3v) is 3.15. The van der Waals surface area contributed by atoms with Gasteiger partial charge in [0.15, 0.2) is 0 Å². The Hall–Kier alpha value is -1.36. The minimum Gasteiger partial charge on any atom is -0.390 e. The van der Waals surface area contributed by atoms with Gasteiger partial charge in [0.2, 0.25) is 0 Å². The second kappa shape index (κ2) is 6.19. The molecule has 2 N–H and O–H groups in total. The van der Waals surface area contributed by atoms with Crippen LogP contribution < -0.4 is 5.32 Å².